The molecule has 1 fully saturated rings. The molecule has 1 aromatic carbocycles. The number of carbonyl (C=O) groups is 1. The van der Waals surface area contributed by atoms with E-state index in [9.17, 15) is 4.79 Å². The Hall–Kier alpha value is -1.54. The second kappa shape index (κ2) is 8.23. The Kier molecular flexibility index (Phi) is 6.01. The Balaban J connectivity index is 1.64. The van der Waals surface area contributed by atoms with Gasteiger partial charge < -0.3 is 14.1 Å². The van der Waals surface area contributed by atoms with E-state index in [0.717, 1.165) is 23.4 Å². The lowest BCUT2D eigenvalue weighted by atomic mass is 10.2. The topological polar surface area (TPSA) is 67.1 Å². The van der Waals surface area contributed by atoms with Gasteiger partial charge in [0.15, 0.2) is 5.76 Å². The summed E-state index contributed by atoms with van der Waals surface area (Å²) < 4.78 is 11.9. The Morgan fingerprint density at radius 1 is 1.24 bits per heavy atom. The lowest BCUT2D eigenvalue weighted by Crippen LogP contribution is -2.36. The Bertz CT molecular complexity index is 804. The average molecular weight is 447 g/mol. The normalized spacial score (nSPS) is 14.9. The number of anilines is 1. The number of rotatable bonds is 4. The van der Waals surface area contributed by atoms with Crippen LogP contribution in [0.15, 0.2) is 38.3 Å². The lowest BCUT2D eigenvalue weighted by Gasteiger charge is -2.26. The zero-order valence-corrected chi connectivity index (χ0v) is 16.1. The van der Waals surface area contributed by atoms with Crippen LogP contribution in [0.5, 0.6) is 0 Å². The van der Waals surface area contributed by atoms with Crippen molar-refractivity contribution in [2.75, 3.05) is 31.2 Å². The molecule has 1 saturated heterocycles. The van der Waals surface area contributed by atoms with Gasteiger partial charge in [-0.2, -0.15) is 5.10 Å². The van der Waals surface area contributed by atoms with Gasteiger partial charge in [0, 0.05) is 24.7 Å². The molecule has 0 saturated carbocycles. The van der Waals surface area contributed by atoms with Crippen LogP contribution in [-0.2, 0) is 4.74 Å². The number of nitrogens with one attached hydrogen (secondary N) is 1. The second-order valence-electron chi connectivity index (χ2n) is 5.23. The first-order chi connectivity index (χ1) is 12.0. The maximum atomic E-state index is 12.0. The number of halogens is 3. The van der Waals surface area contributed by atoms with E-state index in [1.807, 2.05) is 0 Å². The number of furan rings is 1. The third-order valence-corrected chi connectivity index (χ3v) is 4.83. The van der Waals surface area contributed by atoms with E-state index in [2.05, 4.69) is 31.4 Å². The first-order valence-corrected chi connectivity index (χ1v) is 9.00. The number of morpholine rings is 1. The van der Waals surface area contributed by atoms with E-state index in [1.54, 1.807) is 18.2 Å². The highest BCUT2D eigenvalue weighted by atomic mass is 79.9. The van der Waals surface area contributed by atoms with Crippen molar-refractivity contribution >= 4 is 57.1 Å². The molecule has 132 valence electrons. The monoisotopic (exact) mass is 445 g/mol. The van der Waals surface area contributed by atoms with Crippen LogP contribution in [-0.4, -0.2) is 38.4 Å². The Labute approximate surface area is 162 Å². The minimum atomic E-state index is -0.395. The fourth-order valence-electron chi connectivity index (χ4n) is 2.28. The summed E-state index contributed by atoms with van der Waals surface area (Å²) in [5.41, 5.74) is 2.78. The molecule has 0 atom stereocenters. The van der Waals surface area contributed by atoms with Crippen LogP contribution in [0.2, 0.25) is 10.0 Å². The first kappa shape index (κ1) is 18.3. The van der Waals surface area contributed by atoms with Gasteiger partial charge in [0.05, 0.1) is 33.9 Å². The third-order valence-electron chi connectivity index (χ3n) is 3.53. The summed E-state index contributed by atoms with van der Waals surface area (Å²) >= 11 is 15.2. The van der Waals surface area contributed by atoms with Crippen molar-refractivity contribution in [3.8, 4) is 0 Å². The van der Waals surface area contributed by atoms with E-state index in [0.29, 0.717) is 34.6 Å². The number of benzene rings is 1. The van der Waals surface area contributed by atoms with E-state index in [-0.39, 0.29) is 0 Å². The summed E-state index contributed by atoms with van der Waals surface area (Å²) in [5.74, 6) is 0.845. The molecule has 6 nitrogen and oxygen atoms in total. The summed E-state index contributed by atoms with van der Waals surface area (Å²) in [5, 5.41) is 4.61. The number of amides is 1. The van der Waals surface area contributed by atoms with Crippen LogP contribution < -0.4 is 10.3 Å². The average Bonchev–Trinajstić information content (AvgIpc) is 2.98. The molecule has 0 aliphatic carbocycles. The van der Waals surface area contributed by atoms with Crippen molar-refractivity contribution in [1.29, 1.82) is 0 Å². The molecule has 2 aromatic rings. The quantitative estimate of drug-likeness (QED) is 0.570. The van der Waals surface area contributed by atoms with Crippen molar-refractivity contribution in [2.45, 2.75) is 0 Å². The zero-order chi connectivity index (χ0) is 17.8. The largest absolute Gasteiger partial charge is 0.438 e. The number of hydrazone groups is 1. The maximum Gasteiger partial charge on any atom is 0.271 e. The van der Waals surface area contributed by atoms with E-state index in [4.69, 9.17) is 32.4 Å². The molecule has 1 aliphatic rings. The Morgan fingerprint density at radius 2 is 2.00 bits per heavy atom. The molecule has 1 aliphatic heterocycles. The summed E-state index contributed by atoms with van der Waals surface area (Å²) in [7, 11) is 0. The molecule has 25 heavy (non-hydrogen) atoms. The molecule has 1 N–H and O–H groups in total. The van der Waals surface area contributed by atoms with Gasteiger partial charge in [0.25, 0.3) is 5.91 Å². The van der Waals surface area contributed by atoms with Crippen LogP contribution in [0, 0.1) is 0 Å². The van der Waals surface area contributed by atoms with E-state index >= 15 is 0 Å². The van der Waals surface area contributed by atoms with Gasteiger partial charge in [-0.05, 0) is 34.1 Å². The fraction of sp³-hybridized carbons (Fsp3) is 0.250. The smallest absolute Gasteiger partial charge is 0.271 e. The maximum absolute atomic E-state index is 12.0. The molecule has 3 rings (SSSR count). The Morgan fingerprint density at radius 3 is 2.72 bits per heavy atom. The van der Waals surface area contributed by atoms with E-state index in [1.165, 1.54) is 12.3 Å². The molecule has 0 spiro atoms. The van der Waals surface area contributed by atoms with Gasteiger partial charge in [-0.1, -0.05) is 23.2 Å². The highest BCUT2D eigenvalue weighted by molar-refractivity contribution is 9.10. The SMILES string of the molecule is O=C(N/N=C\c1cc(Br)c(N2CCOCC2)o1)c1ccc(Cl)c(Cl)c1. The minimum Gasteiger partial charge on any atom is -0.438 e. The molecule has 0 unspecified atom stereocenters. The predicted molar refractivity (Wildman–Crippen MR) is 101 cm³/mol. The molecule has 0 radical (unpaired) electrons. The molecule has 9 heteroatoms. The number of hydrogen-bond donors (Lipinski definition) is 1. The van der Waals surface area contributed by atoms with Gasteiger partial charge in [-0.25, -0.2) is 5.43 Å². The van der Waals surface area contributed by atoms with Gasteiger partial charge in [0.1, 0.15) is 0 Å². The van der Waals surface area contributed by atoms with Crippen molar-refractivity contribution in [3.63, 3.8) is 0 Å². The second-order valence-corrected chi connectivity index (χ2v) is 6.90. The first-order valence-electron chi connectivity index (χ1n) is 7.45. The number of nitrogens with zero attached hydrogens (tertiary/aromatic N) is 2. The summed E-state index contributed by atoms with van der Waals surface area (Å²) in [6, 6.07) is 6.40. The highest BCUT2D eigenvalue weighted by Crippen LogP contribution is 2.30. The molecule has 0 bridgehead atoms. The van der Waals surface area contributed by atoms with Crippen molar-refractivity contribution in [3.05, 3.63) is 50.1 Å². The van der Waals surface area contributed by atoms with Crippen LogP contribution in [0.3, 0.4) is 0 Å². The number of hydrogen-bond acceptors (Lipinski definition) is 5. The lowest BCUT2D eigenvalue weighted by molar-refractivity contribution is 0.0955. The summed E-state index contributed by atoms with van der Waals surface area (Å²) in [4.78, 5) is 14.1. The third kappa shape index (κ3) is 4.55. The fourth-order valence-corrected chi connectivity index (χ4v) is 3.13. The summed E-state index contributed by atoms with van der Waals surface area (Å²) in [6.45, 7) is 2.85. The molecular formula is C16H14BrCl2N3O3. The molecule has 1 amide bonds. The van der Waals surface area contributed by atoms with E-state index < -0.39 is 5.91 Å². The minimum absolute atomic E-state index is 0.309. The van der Waals surface area contributed by atoms with Crippen LogP contribution in [0.25, 0.3) is 0 Å². The van der Waals surface area contributed by atoms with Crippen molar-refractivity contribution in [2.24, 2.45) is 5.10 Å². The standard InChI is InChI=1S/C16H14BrCl2N3O3/c17-12-8-11(25-16(12)22-3-5-24-6-4-22)9-20-21-15(23)10-1-2-13(18)14(19)7-10/h1-2,7-9H,3-6H2,(H,21,23)/b20-9-. The predicted octanol–water partition coefficient (Wildman–Crippen LogP) is 3.95. The number of carbonyl (C=O) groups excluding carboxylic acids is 1. The van der Waals surface area contributed by atoms with Gasteiger partial charge in [0.2, 0.25) is 5.88 Å². The molecular weight excluding hydrogens is 433 g/mol. The van der Waals surface area contributed by atoms with Crippen LogP contribution in [0.4, 0.5) is 5.88 Å². The van der Waals surface area contributed by atoms with Crippen LogP contribution in [0.1, 0.15) is 16.1 Å². The summed E-state index contributed by atoms with van der Waals surface area (Å²) in [6.07, 6.45) is 1.43. The van der Waals surface area contributed by atoms with Crippen molar-refractivity contribution in [1.82, 2.24) is 5.43 Å². The zero-order valence-electron chi connectivity index (χ0n) is 13.0. The highest BCUT2D eigenvalue weighted by Gasteiger charge is 2.18. The number of ether oxygens (including phenoxy) is 1. The van der Waals surface area contributed by atoms with Crippen LogP contribution >= 0.6 is 39.1 Å². The van der Waals surface area contributed by atoms with Gasteiger partial charge in [-0.3, -0.25) is 4.79 Å². The van der Waals surface area contributed by atoms with Gasteiger partial charge >= 0.3 is 0 Å². The van der Waals surface area contributed by atoms with Gasteiger partial charge in [-0.15, -0.1) is 0 Å². The van der Waals surface area contributed by atoms with Crippen molar-refractivity contribution < 1.29 is 13.9 Å². The molecule has 2 heterocycles. The molecule has 1 aromatic heterocycles.